The van der Waals surface area contributed by atoms with Crippen LogP contribution in [0.2, 0.25) is 0 Å². The molecule has 7 nitrogen and oxygen atoms in total. The van der Waals surface area contributed by atoms with Crippen molar-refractivity contribution in [2.45, 2.75) is 31.2 Å². The third-order valence-electron chi connectivity index (χ3n) is 5.58. The summed E-state index contributed by atoms with van der Waals surface area (Å²) in [7, 11) is -3.52. The summed E-state index contributed by atoms with van der Waals surface area (Å²) in [5.41, 5.74) is 0.526. The molecule has 2 heterocycles. The van der Waals surface area contributed by atoms with Gasteiger partial charge in [-0.15, -0.1) is 0 Å². The minimum absolute atomic E-state index is 0.0658. The van der Waals surface area contributed by atoms with Crippen molar-refractivity contribution in [1.82, 2.24) is 19.4 Å². The van der Waals surface area contributed by atoms with Crippen LogP contribution in [0, 0.1) is 0 Å². The van der Waals surface area contributed by atoms with Gasteiger partial charge in [-0.25, -0.2) is 8.42 Å². The van der Waals surface area contributed by atoms with Crippen LogP contribution in [0.5, 0.6) is 0 Å². The highest BCUT2D eigenvalue weighted by Crippen LogP contribution is 2.24. The zero-order chi connectivity index (χ0) is 19.4. The van der Waals surface area contributed by atoms with Crippen LogP contribution in [-0.2, 0) is 10.0 Å². The van der Waals surface area contributed by atoms with E-state index in [1.807, 2.05) is 13.8 Å². The van der Waals surface area contributed by atoms with E-state index in [0.29, 0.717) is 37.8 Å². The second-order valence-corrected chi connectivity index (χ2v) is 9.03. The molecule has 150 valence electrons. The van der Waals surface area contributed by atoms with Crippen molar-refractivity contribution in [3.8, 4) is 0 Å². The smallest absolute Gasteiger partial charge is 0.253 e. The first-order chi connectivity index (χ1) is 13.0. The minimum Gasteiger partial charge on any atom is -0.339 e. The lowest BCUT2D eigenvalue weighted by atomic mass is 10.2. The van der Waals surface area contributed by atoms with Crippen molar-refractivity contribution in [3.63, 3.8) is 0 Å². The van der Waals surface area contributed by atoms with E-state index < -0.39 is 10.0 Å². The van der Waals surface area contributed by atoms with Gasteiger partial charge in [0, 0.05) is 64.0 Å². The number of amides is 1. The van der Waals surface area contributed by atoms with E-state index >= 15 is 0 Å². The summed E-state index contributed by atoms with van der Waals surface area (Å²) in [6, 6.07) is 6.66. The van der Waals surface area contributed by atoms with E-state index in [2.05, 4.69) is 10.2 Å². The third kappa shape index (κ3) is 4.34. The van der Waals surface area contributed by atoms with E-state index in [4.69, 9.17) is 0 Å². The fraction of sp³-hybridized carbons (Fsp3) is 0.632. The van der Waals surface area contributed by atoms with Gasteiger partial charge in [0.2, 0.25) is 10.0 Å². The Hall–Kier alpha value is -1.48. The molecule has 8 heteroatoms. The first kappa shape index (κ1) is 20.3. The van der Waals surface area contributed by atoms with Gasteiger partial charge in [-0.1, -0.05) is 0 Å². The van der Waals surface area contributed by atoms with Gasteiger partial charge in [0.05, 0.1) is 4.90 Å². The average Bonchev–Trinajstić information content (AvgIpc) is 3.21. The van der Waals surface area contributed by atoms with Crippen LogP contribution in [0.1, 0.15) is 30.6 Å². The van der Waals surface area contributed by atoms with Crippen molar-refractivity contribution in [2.75, 3.05) is 52.4 Å². The molecule has 1 N–H and O–H groups in total. The Morgan fingerprint density at radius 2 is 1.74 bits per heavy atom. The van der Waals surface area contributed by atoms with Crippen LogP contribution < -0.4 is 5.32 Å². The van der Waals surface area contributed by atoms with E-state index in [1.165, 1.54) is 0 Å². The number of carbonyl (C=O) groups is 1. The minimum atomic E-state index is -3.52. The van der Waals surface area contributed by atoms with Gasteiger partial charge in [-0.2, -0.15) is 4.31 Å². The Morgan fingerprint density at radius 1 is 1.11 bits per heavy atom. The molecule has 0 aromatic heterocycles. The summed E-state index contributed by atoms with van der Waals surface area (Å²) >= 11 is 0. The van der Waals surface area contributed by atoms with Gasteiger partial charge < -0.3 is 10.2 Å². The maximum atomic E-state index is 13.0. The molecule has 2 saturated heterocycles. The van der Waals surface area contributed by atoms with Gasteiger partial charge in [0.15, 0.2) is 0 Å². The summed E-state index contributed by atoms with van der Waals surface area (Å²) in [5.74, 6) is -0.0658. The lowest BCUT2D eigenvalue weighted by Gasteiger charge is -2.32. The molecular formula is C19H30N4O3S. The second kappa shape index (κ2) is 8.68. The van der Waals surface area contributed by atoms with Crippen molar-refractivity contribution in [1.29, 1.82) is 0 Å². The number of sulfonamides is 1. The molecule has 0 saturated carbocycles. The molecule has 27 heavy (non-hydrogen) atoms. The normalized spacial score (nSPS) is 22.1. The summed E-state index contributed by atoms with van der Waals surface area (Å²) in [6.07, 6.45) is 0.873. The Balaban J connectivity index is 1.69. The number of carbonyl (C=O) groups excluding carboxylic acids is 1. The van der Waals surface area contributed by atoms with Gasteiger partial charge in [-0.3, -0.25) is 9.69 Å². The van der Waals surface area contributed by atoms with Crippen molar-refractivity contribution in [2.24, 2.45) is 0 Å². The molecule has 1 aromatic carbocycles. The quantitative estimate of drug-likeness (QED) is 0.774. The Kier molecular flexibility index (Phi) is 6.52. The number of hydrogen-bond donors (Lipinski definition) is 1. The molecule has 2 aliphatic heterocycles. The molecule has 1 amide bonds. The molecule has 1 aromatic rings. The highest BCUT2D eigenvalue weighted by Gasteiger charge is 2.35. The van der Waals surface area contributed by atoms with Crippen LogP contribution >= 0.6 is 0 Å². The van der Waals surface area contributed by atoms with Crippen molar-refractivity contribution < 1.29 is 13.2 Å². The van der Waals surface area contributed by atoms with Crippen molar-refractivity contribution in [3.05, 3.63) is 29.8 Å². The third-order valence-corrected chi connectivity index (χ3v) is 7.46. The van der Waals surface area contributed by atoms with Crippen molar-refractivity contribution >= 4 is 15.9 Å². The van der Waals surface area contributed by atoms with E-state index in [1.54, 1.807) is 33.5 Å². The highest BCUT2D eigenvalue weighted by molar-refractivity contribution is 7.89. The van der Waals surface area contributed by atoms with E-state index in [0.717, 1.165) is 32.6 Å². The van der Waals surface area contributed by atoms with Crippen LogP contribution in [0.4, 0.5) is 0 Å². The lowest BCUT2D eigenvalue weighted by Crippen LogP contribution is -2.49. The Morgan fingerprint density at radius 3 is 2.33 bits per heavy atom. The van der Waals surface area contributed by atoms with E-state index in [-0.39, 0.29) is 10.8 Å². The second-order valence-electron chi connectivity index (χ2n) is 7.09. The average molecular weight is 395 g/mol. The summed E-state index contributed by atoms with van der Waals surface area (Å²) in [6.45, 7) is 10.1. The zero-order valence-electron chi connectivity index (χ0n) is 16.2. The summed E-state index contributed by atoms with van der Waals surface area (Å²) < 4.78 is 27.6. The van der Waals surface area contributed by atoms with E-state index in [9.17, 15) is 13.2 Å². The topological polar surface area (TPSA) is 73.0 Å². The first-order valence-electron chi connectivity index (χ1n) is 9.81. The highest BCUT2D eigenvalue weighted by atomic mass is 32.2. The molecule has 2 fully saturated rings. The number of piperazine rings is 1. The molecule has 2 aliphatic rings. The number of rotatable bonds is 6. The fourth-order valence-electron chi connectivity index (χ4n) is 3.89. The predicted molar refractivity (Wildman–Crippen MR) is 105 cm³/mol. The van der Waals surface area contributed by atoms with Crippen LogP contribution in [0.15, 0.2) is 29.2 Å². The Bertz CT molecular complexity index is 741. The predicted octanol–water partition coefficient (Wildman–Crippen LogP) is 0.837. The number of hydrogen-bond acceptors (Lipinski definition) is 5. The van der Waals surface area contributed by atoms with Crippen LogP contribution in [-0.4, -0.2) is 86.8 Å². The van der Waals surface area contributed by atoms with Crippen LogP contribution in [0.3, 0.4) is 0 Å². The Labute approximate surface area is 162 Å². The van der Waals surface area contributed by atoms with Gasteiger partial charge in [-0.05, 0) is 44.5 Å². The molecule has 3 rings (SSSR count). The standard InChI is InChI=1S/C19H30N4O3S/c1-3-21(4-2)19(24)16-5-7-18(8-6-16)27(25,26)23-12-9-17(15-23)22-13-10-20-11-14-22/h5-8,17,20H,3-4,9-15H2,1-2H3. The number of nitrogens with one attached hydrogen (secondary N) is 1. The molecular weight excluding hydrogens is 364 g/mol. The SMILES string of the molecule is CCN(CC)C(=O)c1ccc(S(=O)(=O)N2CCC(N3CCNCC3)C2)cc1. The molecule has 0 bridgehead atoms. The number of nitrogens with zero attached hydrogens (tertiary/aromatic N) is 3. The molecule has 0 radical (unpaired) electrons. The maximum Gasteiger partial charge on any atom is 0.253 e. The molecule has 1 unspecified atom stereocenters. The lowest BCUT2D eigenvalue weighted by molar-refractivity contribution is 0.0773. The maximum absolute atomic E-state index is 13.0. The molecule has 0 spiro atoms. The summed E-state index contributed by atoms with van der Waals surface area (Å²) in [4.78, 5) is 16.8. The fourth-order valence-corrected chi connectivity index (χ4v) is 5.38. The van der Waals surface area contributed by atoms with Gasteiger partial charge >= 0.3 is 0 Å². The zero-order valence-corrected chi connectivity index (χ0v) is 17.0. The molecule has 0 aliphatic carbocycles. The summed E-state index contributed by atoms with van der Waals surface area (Å²) in [5, 5.41) is 3.33. The first-order valence-corrected chi connectivity index (χ1v) is 11.3. The van der Waals surface area contributed by atoms with Gasteiger partial charge in [0.25, 0.3) is 5.91 Å². The number of benzene rings is 1. The monoisotopic (exact) mass is 394 g/mol. The molecule has 1 atom stereocenters. The van der Waals surface area contributed by atoms with Gasteiger partial charge in [0.1, 0.15) is 0 Å². The van der Waals surface area contributed by atoms with Crippen LogP contribution in [0.25, 0.3) is 0 Å². The largest absolute Gasteiger partial charge is 0.339 e.